The van der Waals surface area contributed by atoms with Crippen molar-refractivity contribution >= 4 is 23.4 Å². The van der Waals surface area contributed by atoms with E-state index in [0.29, 0.717) is 5.75 Å². The Balaban J connectivity index is 1.84. The van der Waals surface area contributed by atoms with Gasteiger partial charge in [-0.1, -0.05) is 80.4 Å². The van der Waals surface area contributed by atoms with E-state index in [0.717, 1.165) is 29.9 Å². The minimum Gasteiger partial charge on any atom is -0.272 e. The summed E-state index contributed by atoms with van der Waals surface area (Å²) in [4.78, 5) is 12.1. The molecule has 0 aliphatic heterocycles. The molecule has 0 heterocycles. The van der Waals surface area contributed by atoms with Crippen LogP contribution in [0.4, 0.5) is 0 Å². The van der Waals surface area contributed by atoms with Gasteiger partial charge < -0.3 is 0 Å². The maximum absolute atomic E-state index is 12.1. The molecule has 0 unspecified atom stereocenters. The highest BCUT2D eigenvalue weighted by Gasteiger charge is 2.06. The molecule has 2 aromatic carbocycles. The summed E-state index contributed by atoms with van der Waals surface area (Å²) in [6.07, 6.45) is 4.31. The Morgan fingerprint density at radius 3 is 2.36 bits per heavy atom. The molecule has 0 aliphatic carbocycles. The van der Waals surface area contributed by atoms with Gasteiger partial charge in [0.05, 0.1) is 11.5 Å². The Morgan fingerprint density at radius 2 is 1.68 bits per heavy atom. The molecular formula is C21H26N2OS. The molecule has 0 saturated heterocycles. The third-order valence-corrected chi connectivity index (χ3v) is 4.79. The summed E-state index contributed by atoms with van der Waals surface area (Å²) in [5.41, 5.74) is 5.99. The summed E-state index contributed by atoms with van der Waals surface area (Å²) in [7, 11) is 0. The fourth-order valence-electron chi connectivity index (χ4n) is 2.44. The molecule has 0 aliphatic rings. The van der Waals surface area contributed by atoms with Gasteiger partial charge in [-0.25, -0.2) is 5.43 Å². The highest BCUT2D eigenvalue weighted by molar-refractivity contribution is 7.99. The predicted octanol–water partition coefficient (Wildman–Crippen LogP) is 5.02. The van der Waals surface area contributed by atoms with Gasteiger partial charge in [-0.05, 0) is 24.0 Å². The first-order valence-corrected chi connectivity index (χ1v) is 9.97. The molecule has 1 N–H and O–H groups in total. The lowest BCUT2D eigenvalue weighted by Gasteiger charge is -2.07. The van der Waals surface area contributed by atoms with E-state index in [1.165, 1.54) is 18.4 Å². The topological polar surface area (TPSA) is 41.5 Å². The molecule has 0 fully saturated rings. The van der Waals surface area contributed by atoms with E-state index in [2.05, 4.69) is 29.6 Å². The number of carbonyl (C=O) groups is 1. The molecule has 2 rings (SSSR count). The Labute approximate surface area is 154 Å². The van der Waals surface area contributed by atoms with Crippen LogP contribution >= 0.6 is 11.8 Å². The number of hydrazone groups is 1. The molecule has 3 nitrogen and oxygen atoms in total. The number of amides is 1. The fourth-order valence-corrected chi connectivity index (χ4v) is 3.22. The van der Waals surface area contributed by atoms with Crippen molar-refractivity contribution in [3.05, 3.63) is 71.8 Å². The smallest absolute Gasteiger partial charge is 0.250 e. The van der Waals surface area contributed by atoms with Crippen LogP contribution in [0.5, 0.6) is 0 Å². The highest BCUT2D eigenvalue weighted by atomic mass is 32.2. The maximum Gasteiger partial charge on any atom is 0.250 e. The zero-order chi connectivity index (χ0) is 17.7. The van der Waals surface area contributed by atoms with Gasteiger partial charge in [0.2, 0.25) is 5.91 Å². The average Bonchev–Trinajstić information content (AvgIpc) is 2.66. The van der Waals surface area contributed by atoms with E-state index >= 15 is 0 Å². The summed E-state index contributed by atoms with van der Waals surface area (Å²) >= 11 is 1.60. The lowest BCUT2D eigenvalue weighted by Crippen LogP contribution is -2.22. The average molecular weight is 355 g/mol. The quantitative estimate of drug-likeness (QED) is 0.370. The highest BCUT2D eigenvalue weighted by Crippen LogP contribution is 2.12. The molecule has 0 spiro atoms. The van der Waals surface area contributed by atoms with E-state index < -0.39 is 0 Å². The second-order valence-corrected chi connectivity index (χ2v) is 6.88. The standard InChI is InChI=1S/C21H26N2OS/c1-2-3-6-15-20(19-13-9-5-10-14-19)22-23-21(24)17-25-16-18-11-7-4-8-12-18/h4-5,7-14H,2-3,6,15-17H2,1H3,(H,23,24)/b22-20-. The number of unbranched alkanes of at least 4 members (excludes halogenated alkanes) is 2. The minimum atomic E-state index is -0.0511. The first-order valence-electron chi connectivity index (χ1n) is 8.82. The van der Waals surface area contributed by atoms with Gasteiger partial charge in [0, 0.05) is 5.75 Å². The Morgan fingerprint density at radius 1 is 1.00 bits per heavy atom. The van der Waals surface area contributed by atoms with Gasteiger partial charge in [-0.3, -0.25) is 4.79 Å². The monoisotopic (exact) mass is 354 g/mol. The van der Waals surface area contributed by atoms with Crippen LogP contribution < -0.4 is 5.43 Å². The lowest BCUT2D eigenvalue weighted by atomic mass is 10.0. The van der Waals surface area contributed by atoms with Crippen molar-refractivity contribution in [2.45, 2.75) is 38.4 Å². The molecular weight excluding hydrogens is 328 g/mol. The van der Waals surface area contributed by atoms with Gasteiger partial charge in [0.1, 0.15) is 0 Å². The minimum absolute atomic E-state index is 0.0511. The van der Waals surface area contributed by atoms with Crippen LogP contribution in [0.1, 0.15) is 43.7 Å². The second kappa shape index (κ2) is 11.5. The molecule has 0 radical (unpaired) electrons. The first-order chi connectivity index (χ1) is 12.3. The number of nitrogens with one attached hydrogen (secondary N) is 1. The van der Waals surface area contributed by atoms with Crippen LogP contribution in [0.25, 0.3) is 0 Å². The molecule has 4 heteroatoms. The normalized spacial score (nSPS) is 11.3. The Bertz CT molecular complexity index is 656. The number of carbonyl (C=O) groups excluding carboxylic acids is 1. The predicted molar refractivity (Wildman–Crippen MR) is 108 cm³/mol. The Hall–Kier alpha value is -2.07. The summed E-state index contributed by atoms with van der Waals surface area (Å²) < 4.78 is 0. The second-order valence-electron chi connectivity index (χ2n) is 5.90. The van der Waals surface area contributed by atoms with E-state index in [1.807, 2.05) is 48.5 Å². The summed E-state index contributed by atoms with van der Waals surface area (Å²) in [5, 5.41) is 4.40. The molecule has 25 heavy (non-hydrogen) atoms. The van der Waals surface area contributed by atoms with Gasteiger partial charge in [0.15, 0.2) is 0 Å². The third-order valence-electron chi connectivity index (χ3n) is 3.78. The number of rotatable bonds is 10. The molecule has 0 aromatic heterocycles. The largest absolute Gasteiger partial charge is 0.272 e. The Kier molecular flexibility index (Phi) is 8.84. The number of benzene rings is 2. The van der Waals surface area contributed by atoms with Crippen LogP contribution in [0.3, 0.4) is 0 Å². The SMILES string of the molecule is CCCCC/C(=N/NC(=O)CSCc1ccccc1)c1ccccc1. The van der Waals surface area contributed by atoms with E-state index in [1.54, 1.807) is 11.8 Å². The van der Waals surface area contributed by atoms with E-state index in [9.17, 15) is 4.79 Å². The molecule has 0 saturated carbocycles. The summed E-state index contributed by atoms with van der Waals surface area (Å²) in [6, 6.07) is 20.3. The fraction of sp³-hybridized carbons (Fsp3) is 0.333. The van der Waals surface area contributed by atoms with Crippen molar-refractivity contribution in [2.24, 2.45) is 5.10 Å². The van der Waals surface area contributed by atoms with Crippen LogP contribution in [-0.2, 0) is 10.5 Å². The number of thioether (sulfide) groups is 1. The van der Waals surface area contributed by atoms with Crippen molar-refractivity contribution in [3.8, 4) is 0 Å². The number of hydrogen-bond donors (Lipinski definition) is 1. The van der Waals surface area contributed by atoms with Crippen molar-refractivity contribution in [1.29, 1.82) is 0 Å². The number of nitrogens with zero attached hydrogens (tertiary/aromatic N) is 1. The lowest BCUT2D eigenvalue weighted by molar-refractivity contribution is -0.118. The summed E-state index contributed by atoms with van der Waals surface area (Å²) in [5.74, 6) is 1.19. The molecule has 2 aromatic rings. The van der Waals surface area contributed by atoms with Crippen molar-refractivity contribution in [1.82, 2.24) is 5.43 Å². The molecule has 1 amide bonds. The van der Waals surface area contributed by atoms with Crippen molar-refractivity contribution < 1.29 is 4.79 Å². The van der Waals surface area contributed by atoms with Crippen molar-refractivity contribution in [2.75, 3.05) is 5.75 Å². The zero-order valence-corrected chi connectivity index (χ0v) is 15.6. The van der Waals surface area contributed by atoms with Gasteiger partial charge >= 0.3 is 0 Å². The van der Waals surface area contributed by atoms with Crippen LogP contribution in [0, 0.1) is 0 Å². The van der Waals surface area contributed by atoms with Crippen LogP contribution in [0.15, 0.2) is 65.8 Å². The first kappa shape index (κ1) is 19.3. The molecule has 0 bridgehead atoms. The number of hydrogen-bond acceptors (Lipinski definition) is 3. The van der Waals surface area contributed by atoms with Crippen LogP contribution in [-0.4, -0.2) is 17.4 Å². The molecule has 0 atom stereocenters. The van der Waals surface area contributed by atoms with Gasteiger partial charge in [-0.15, -0.1) is 11.8 Å². The summed E-state index contributed by atoms with van der Waals surface area (Å²) in [6.45, 7) is 2.19. The van der Waals surface area contributed by atoms with Crippen LogP contribution in [0.2, 0.25) is 0 Å². The van der Waals surface area contributed by atoms with Gasteiger partial charge in [-0.2, -0.15) is 5.10 Å². The van der Waals surface area contributed by atoms with Crippen molar-refractivity contribution in [3.63, 3.8) is 0 Å². The maximum atomic E-state index is 12.1. The third kappa shape index (κ3) is 7.57. The van der Waals surface area contributed by atoms with E-state index in [4.69, 9.17) is 0 Å². The van der Waals surface area contributed by atoms with Gasteiger partial charge in [0.25, 0.3) is 0 Å². The molecule has 132 valence electrons. The van der Waals surface area contributed by atoms with E-state index in [-0.39, 0.29) is 5.91 Å². The zero-order valence-electron chi connectivity index (χ0n) is 14.8.